The summed E-state index contributed by atoms with van der Waals surface area (Å²) in [5.41, 5.74) is -0.774. The van der Waals surface area contributed by atoms with Gasteiger partial charge in [-0.05, 0) is 50.7 Å². The molecule has 1 N–H and O–H groups in total. The van der Waals surface area contributed by atoms with Gasteiger partial charge in [0, 0.05) is 12.6 Å². The van der Waals surface area contributed by atoms with Crippen LogP contribution in [-0.4, -0.2) is 37.2 Å². The largest absolute Gasteiger partial charge is 0.416 e. The molecule has 116 valence electrons. The van der Waals surface area contributed by atoms with E-state index in [1.807, 2.05) is 7.05 Å². The molecule has 1 fully saturated rings. The molecule has 0 aromatic heterocycles. The molecule has 1 amide bonds. The number of alkyl halides is 3. The molecule has 1 aliphatic rings. The quantitative estimate of drug-likeness (QED) is 0.913. The van der Waals surface area contributed by atoms with Crippen molar-refractivity contribution in [2.75, 3.05) is 20.1 Å². The monoisotopic (exact) mass is 302 g/mol. The lowest BCUT2D eigenvalue weighted by atomic mass is 10.1. The van der Waals surface area contributed by atoms with Gasteiger partial charge >= 0.3 is 12.3 Å². The van der Waals surface area contributed by atoms with Gasteiger partial charge in [0.1, 0.15) is 5.75 Å². The third-order valence-corrected chi connectivity index (χ3v) is 3.34. The van der Waals surface area contributed by atoms with Crippen LogP contribution >= 0.6 is 0 Å². The van der Waals surface area contributed by atoms with Crippen LogP contribution in [0.4, 0.5) is 18.0 Å². The van der Waals surface area contributed by atoms with Crippen LogP contribution in [0.3, 0.4) is 0 Å². The summed E-state index contributed by atoms with van der Waals surface area (Å²) in [5.74, 6) is 0.0877. The Morgan fingerprint density at radius 3 is 2.57 bits per heavy atom. The van der Waals surface area contributed by atoms with Crippen LogP contribution in [0.1, 0.15) is 18.4 Å². The van der Waals surface area contributed by atoms with Crippen molar-refractivity contribution >= 4 is 6.09 Å². The maximum Gasteiger partial charge on any atom is 0.416 e. The maximum atomic E-state index is 12.4. The molecular weight excluding hydrogens is 285 g/mol. The number of amides is 1. The fourth-order valence-electron chi connectivity index (χ4n) is 2.30. The van der Waals surface area contributed by atoms with Gasteiger partial charge in [0.15, 0.2) is 0 Å². The van der Waals surface area contributed by atoms with Gasteiger partial charge in [-0.2, -0.15) is 13.2 Å². The fourth-order valence-corrected chi connectivity index (χ4v) is 2.30. The van der Waals surface area contributed by atoms with Gasteiger partial charge in [0.2, 0.25) is 0 Å². The Morgan fingerprint density at radius 2 is 2.00 bits per heavy atom. The van der Waals surface area contributed by atoms with Crippen LogP contribution in [0.2, 0.25) is 0 Å². The van der Waals surface area contributed by atoms with E-state index < -0.39 is 17.8 Å². The minimum absolute atomic E-state index is 0.00528. The van der Waals surface area contributed by atoms with Crippen molar-refractivity contribution in [3.63, 3.8) is 0 Å². The summed E-state index contributed by atoms with van der Waals surface area (Å²) >= 11 is 0. The number of hydrogen-bond acceptors (Lipinski definition) is 3. The zero-order valence-corrected chi connectivity index (χ0v) is 11.6. The standard InChI is InChI=1S/C14H17F3N2O2/c1-19-8-2-3-11(9-19)18-13(20)21-12-6-4-10(5-7-12)14(15,16)17/h4-7,11H,2-3,8-9H2,1H3,(H,18,20)/t11-/m1/s1. The van der Waals surface area contributed by atoms with E-state index in [0.717, 1.165) is 50.2 Å². The first kappa shape index (κ1) is 15.6. The van der Waals surface area contributed by atoms with Crippen LogP contribution in [0.15, 0.2) is 24.3 Å². The maximum absolute atomic E-state index is 12.4. The summed E-state index contributed by atoms with van der Waals surface area (Å²) in [6, 6.07) is 4.05. The summed E-state index contributed by atoms with van der Waals surface area (Å²) in [6.07, 6.45) is -3.18. The molecule has 2 rings (SSSR count). The molecule has 0 aliphatic carbocycles. The van der Waals surface area contributed by atoms with E-state index in [0.29, 0.717) is 0 Å². The predicted octanol–water partition coefficient (Wildman–Crippen LogP) is 2.89. The average molecular weight is 302 g/mol. The van der Waals surface area contributed by atoms with Crippen LogP contribution in [0.5, 0.6) is 5.75 Å². The SMILES string of the molecule is CN1CCC[C@@H](NC(=O)Oc2ccc(C(F)(F)F)cc2)C1. The summed E-state index contributed by atoms with van der Waals surface area (Å²) in [5, 5.41) is 2.72. The molecule has 0 radical (unpaired) electrons. The van der Waals surface area contributed by atoms with Crippen molar-refractivity contribution in [3.05, 3.63) is 29.8 Å². The molecular formula is C14H17F3N2O2. The number of ether oxygens (including phenoxy) is 1. The fraction of sp³-hybridized carbons (Fsp3) is 0.500. The van der Waals surface area contributed by atoms with E-state index in [9.17, 15) is 18.0 Å². The minimum atomic E-state index is -4.40. The van der Waals surface area contributed by atoms with Gasteiger partial charge < -0.3 is 15.0 Å². The number of rotatable bonds is 2. The Balaban J connectivity index is 1.87. The third kappa shape index (κ3) is 4.63. The second kappa shape index (κ2) is 6.34. The van der Waals surface area contributed by atoms with Crippen molar-refractivity contribution in [1.29, 1.82) is 0 Å². The lowest BCUT2D eigenvalue weighted by molar-refractivity contribution is -0.137. The lowest BCUT2D eigenvalue weighted by Gasteiger charge is -2.29. The van der Waals surface area contributed by atoms with Crippen LogP contribution < -0.4 is 10.1 Å². The third-order valence-electron chi connectivity index (χ3n) is 3.34. The van der Waals surface area contributed by atoms with E-state index >= 15 is 0 Å². The first-order valence-corrected chi connectivity index (χ1v) is 6.69. The van der Waals surface area contributed by atoms with Gasteiger partial charge in [-0.3, -0.25) is 0 Å². The van der Waals surface area contributed by atoms with Crippen molar-refractivity contribution < 1.29 is 22.7 Å². The molecule has 21 heavy (non-hydrogen) atoms. The van der Waals surface area contributed by atoms with E-state index in [-0.39, 0.29) is 11.8 Å². The van der Waals surface area contributed by atoms with Crippen molar-refractivity contribution in [1.82, 2.24) is 10.2 Å². The number of piperidine rings is 1. The molecule has 0 spiro atoms. The number of halogens is 3. The van der Waals surface area contributed by atoms with E-state index in [2.05, 4.69) is 10.2 Å². The summed E-state index contributed by atoms with van der Waals surface area (Å²) in [6.45, 7) is 1.73. The Kier molecular flexibility index (Phi) is 4.72. The van der Waals surface area contributed by atoms with Crippen LogP contribution in [0.25, 0.3) is 0 Å². The molecule has 1 atom stereocenters. The molecule has 0 saturated carbocycles. The zero-order chi connectivity index (χ0) is 15.5. The number of likely N-dealkylation sites (tertiary alicyclic amines) is 1. The molecule has 1 aliphatic heterocycles. The number of nitrogens with zero attached hydrogens (tertiary/aromatic N) is 1. The average Bonchev–Trinajstić information content (AvgIpc) is 2.38. The van der Waals surface area contributed by atoms with E-state index in [4.69, 9.17) is 4.74 Å². The highest BCUT2D eigenvalue weighted by molar-refractivity contribution is 5.70. The number of nitrogens with one attached hydrogen (secondary N) is 1. The number of hydrogen-bond donors (Lipinski definition) is 1. The highest BCUT2D eigenvalue weighted by Crippen LogP contribution is 2.30. The molecule has 7 heteroatoms. The summed E-state index contributed by atoms with van der Waals surface area (Å²) in [7, 11) is 1.97. The highest BCUT2D eigenvalue weighted by Gasteiger charge is 2.30. The molecule has 1 saturated heterocycles. The van der Waals surface area contributed by atoms with E-state index in [1.165, 1.54) is 0 Å². The van der Waals surface area contributed by atoms with Crippen molar-refractivity contribution in [2.45, 2.75) is 25.1 Å². The van der Waals surface area contributed by atoms with Gasteiger partial charge in [0.05, 0.1) is 5.56 Å². The van der Waals surface area contributed by atoms with Crippen molar-refractivity contribution in [3.8, 4) is 5.75 Å². The minimum Gasteiger partial charge on any atom is -0.410 e. The highest BCUT2D eigenvalue weighted by atomic mass is 19.4. The Labute approximate surface area is 120 Å². The number of likely N-dealkylation sites (N-methyl/N-ethyl adjacent to an activating group) is 1. The normalized spacial score (nSPS) is 20.1. The molecule has 1 aromatic carbocycles. The first-order valence-electron chi connectivity index (χ1n) is 6.69. The predicted molar refractivity (Wildman–Crippen MR) is 71.1 cm³/mol. The first-order chi connectivity index (χ1) is 9.84. The van der Waals surface area contributed by atoms with E-state index in [1.54, 1.807) is 0 Å². The second-order valence-corrected chi connectivity index (χ2v) is 5.16. The molecule has 1 aromatic rings. The smallest absolute Gasteiger partial charge is 0.410 e. The zero-order valence-electron chi connectivity index (χ0n) is 11.6. The van der Waals surface area contributed by atoms with Crippen molar-refractivity contribution in [2.24, 2.45) is 0 Å². The second-order valence-electron chi connectivity index (χ2n) is 5.16. The molecule has 4 nitrogen and oxygen atoms in total. The number of carbonyl (C=O) groups is 1. The lowest BCUT2D eigenvalue weighted by Crippen LogP contribution is -2.47. The summed E-state index contributed by atoms with van der Waals surface area (Å²) < 4.78 is 42.2. The number of carbonyl (C=O) groups excluding carboxylic acids is 1. The van der Waals surface area contributed by atoms with Gasteiger partial charge in [0.25, 0.3) is 0 Å². The molecule has 1 heterocycles. The Hall–Kier alpha value is -1.76. The topological polar surface area (TPSA) is 41.6 Å². The Bertz CT molecular complexity index is 488. The van der Waals surface area contributed by atoms with Crippen LogP contribution in [-0.2, 0) is 6.18 Å². The van der Waals surface area contributed by atoms with Gasteiger partial charge in [-0.25, -0.2) is 4.79 Å². The van der Waals surface area contributed by atoms with Gasteiger partial charge in [-0.15, -0.1) is 0 Å². The Morgan fingerprint density at radius 1 is 1.33 bits per heavy atom. The molecule has 0 unspecified atom stereocenters. The molecule has 0 bridgehead atoms. The number of benzene rings is 1. The summed E-state index contributed by atoms with van der Waals surface area (Å²) in [4.78, 5) is 13.8. The van der Waals surface area contributed by atoms with Gasteiger partial charge in [-0.1, -0.05) is 0 Å². The van der Waals surface area contributed by atoms with Crippen LogP contribution in [0, 0.1) is 0 Å².